The summed E-state index contributed by atoms with van der Waals surface area (Å²) in [6.45, 7) is 3.44. The summed E-state index contributed by atoms with van der Waals surface area (Å²) in [4.78, 5) is 9.91. The van der Waals surface area contributed by atoms with Crippen molar-refractivity contribution in [2.45, 2.75) is 5.03 Å². The highest BCUT2D eigenvalue weighted by Gasteiger charge is 2.15. The lowest BCUT2D eigenvalue weighted by molar-refractivity contribution is 0.581. The maximum atomic E-state index is 11.3. The third-order valence-electron chi connectivity index (χ3n) is 2.45. The second kappa shape index (κ2) is 4.34. The van der Waals surface area contributed by atoms with Crippen LogP contribution in [0.3, 0.4) is 0 Å². The third kappa shape index (κ3) is 2.48. The first-order valence-corrected chi connectivity index (χ1v) is 6.94. The lowest BCUT2D eigenvalue weighted by atomic mass is 10.3. The first-order chi connectivity index (χ1) is 7.57. The molecular weight excluding hydrogens is 228 g/mol. The van der Waals surface area contributed by atoms with Gasteiger partial charge in [-0.3, -0.25) is 0 Å². The van der Waals surface area contributed by atoms with Crippen LogP contribution in [0.1, 0.15) is 0 Å². The molecule has 1 aromatic rings. The Morgan fingerprint density at radius 2 is 2.00 bits per heavy atom. The van der Waals surface area contributed by atoms with E-state index in [4.69, 9.17) is 0 Å². The van der Waals surface area contributed by atoms with Gasteiger partial charge in [-0.05, 0) is 0 Å². The maximum absolute atomic E-state index is 11.3. The van der Waals surface area contributed by atoms with Crippen molar-refractivity contribution >= 4 is 15.7 Å². The van der Waals surface area contributed by atoms with Gasteiger partial charge in [-0.15, -0.1) is 0 Å². The highest BCUT2D eigenvalue weighted by Crippen LogP contribution is 2.14. The van der Waals surface area contributed by atoms with Gasteiger partial charge in [0, 0.05) is 38.5 Å². The zero-order chi connectivity index (χ0) is 11.6. The Hall–Kier alpha value is -1.21. The van der Waals surface area contributed by atoms with E-state index in [1.165, 1.54) is 12.4 Å². The van der Waals surface area contributed by atoms with Crippen molar-refractivity contribution in [2.24, 2.45) is 0 Å². The number of rotatable bonds is 2. The fraction of sp³-hybridized carbons (Fsp3) is 0.556. The Labute approximate surface area is 94.6 Å². The number of anilines is 1. The summed E-state index contributed by atoms with van der Waals surface area (Å²) in [6, 6.07) is 1.53. The summed E-state index contributed by atoms with van der Waals surface area (Å²) >= 11 is 0. The number of hydrogen-bond acceptors (Lipinski definition) is 6. The van der Waals surface area contributed by atoms with Gasteiger partial charge in [0.15, 0.2) is 14.9 Å². The number of nitrogens with zero attached hydrogens (tertiary/aromatic N) is 3. The number of aromatic nitrogens is 2. The first-order valence-electron chi connectivity index (χ1n) is 5.05. The van der Waals surface area contributed by atoms with Crippen molar-refractivity contribution in [3.8, 4) is 0 Å². The second-order valence-electron chi connectivity index (χ2n) is 3.72. The predicted octanol–water partition coefficient (Wildman–Crippen LogP) is -0.710. The molecule has 0 amide bonds. The van der Waals surface area contributed by atoms with Crippen molar-refractivity contribution in [3.05, 3.63) is 12.4 Å². The molecule has 1 aliphatic rings. The van der Waals surface area contributed by atoms with E-state index in [-0.39, 0.29) is 5.03 Å². The van der Waals surface area contributed by atoms with E-state index in [2.05, 4.69) is 15.3 Å². The van der Waals surface area contributed by atoms with Gasteiger partial charge in [0.1, 0.15) is 12.1 Å². The fourth-order valence-electron chi connectivity index (χ4n) is 1.60. The van der Waals surface area contributed by atoms with Crippen LogP contribution in [-0.2, 0) is 9.84 Å². The molecule has 16 heavy (non-hydrogen) atoms. The van der Waals surface area contributed by atoms with Crippen LogP contribution < -0.4 is 10.2 Å². The monoisotopic (exact) mass is 242 g/mol. The quantitative estimate of drug-likeness (QED) is 0.691. The van der Waals surface area contributed by atoms with Gasteiger partial charge in [0.2, 0.25) is 0 Å². The molecule has 1 aliphatic heterocycles. The number of sulfone groups is 1. The standard InChI is InChI=1S/C9H14N4O2S/c1-16(14,15)9-6-8(11-7-12-9)13-4-2-10-3-5-13/h6-7,10H,2-5H2,1H3. The largest absolute Gasteiger partial charge is 0.354 e. The molecule has 0 radical (unpaired) electrons. The molecule has 0 unspecified atom stereocenters. The molecule has 0 bridgehead atoms. The van der Waals surface area contributed by atoms with E-state index in [0.29, 0.717) is 5.82 Å². The molecule has 0 saturated carbocycles. The SMILES string of the molecule is CS(=O)(=O)c1cc(N2CCNCC2)ncn1. The van der Waals surface area contributed by atoms with Crippen LogP contribution in [0.25, 0.3) is 0 Å². The highest BCUT2D eigenvalue weighted by molar-refractivity contribution is 7.90. The van der Waals surface area contributed by atoms with E-state index in [1.54, 1.807) is 0 Å². The third-order valence-corrected chi connectivity index (χ3v) is 3.43. The predicted molar refractivity (Wildman–Crippen MR) is 60.2 cm³/mol. The number of hydrogen-bond donors (Lipinski definition) is 1. The highest BCUT2D eigenvalue weighted by atomic mass is 32.2. The Balaban J connectivity index is 2.28. The first kappa shape index (κ1) is 11.3. The zero-order valence-corrected chi connectivity index (χ0v) is 9.87. The van der Waals surface area contributed by atoms with E-state index in [0.717, 1.165) is 32.4 Å². The number of nitrogens with one attached hydrogen (secondary N) is 1. The van der Waals surface area contributed by atoms with Gasteiger partial charge in [-0.2, -0.15) is 0 Å². The van der Waals surface area contributed by atoms with E-state index >= 15 is 0 Å². The molecule has 2 heterocycles. The molecule has 7 heteroatoms. The Kier molecular flexibility index (Phi) is 3.06. The molecule has 2 rings (SSSR count). The van der Waals surface area contributed by atoms with Crippen LogP contribution in [0.5, 0.6) is 0 Å². The normalized spacial score (nSPS) is 17.4. The van der Waals surface area contributed by atoms with Crippen molar-refractivity contribution in [1.82, 2.24) is 15.3 Å². The Bertz CT molecular complexity index is 468. The zero-order valence-electron chi connectivity index (χ0n) is 9.05. The summed E-state index contributed by atoms with van der Waals surface area (Å²) < 4.78 is 22.7. The van der Waals surface area contributed by atoms with E-state index in [1.807, 2.05) is 4.90 Å². The van der Waals surface area contributed by atoms with E-state index < -0.39 is 9.84 Å². The molecule has 6 nitrogen and oxygen atoms in total. The molecule has 0 aliphatic carbocycles. The van der Waals surface area contributed by atoms with Crippen molar-refractivity contribution < 1.29 is 8.42 Å². The molecule has 1 fully saturated rings. The smallest absolute Gasteiger partial charge is 0.192 e. The molecule has 1 N–H and O–H groups in total. The van der Waals surface area contributed by atoms with Crippen LogP contribution in [0, 0.1) is 0 Å². The van der Waals surface area contributed by atoms with Gasteiger partial charge >= 0.3 is 0 Å². The molecular formula is C9H14N4O2S. The van der Waals surface area contributed by atoms with Gasteiger partial charge in [0.05, 0.1) is 0 Å². The van der Waals surface area contributed by atoms with Gasteiger partial charge in [-0.1, -0.05) is 0 Å². The lowest BCUT2D eigenvalue weighted by Gasteiger charge is -2.28. The van der Waals surface area contributed by atoms with Crippen molar-refractivity contribution in [1.29, 1.82) is 0 Å². The topological polar surface area (TPSA) is 75.2 Å². The average Bonchev–Trinajstić information content (AvgIpc) is 2.29. The summed E-state index contributed by atoms with van der Waals surface area (Å²) in [5.41, 5.74) is 0. The van der Waals surface area contributed by atoms with Gasteiger partial charge in [-0.25, -0.2) is 18.4 Å². The summed E-state index contributed by atoms with van der Waals surface area (Å²) in [5, 5.41) is 3.31. The minimum Gasteiger partial charge on any atom is -0.354 e. The van der Waals surface area contributed by atoms with Crippen LogP contribution >= 0.6 is 0 Å². The Morgan fingerprint density at radius 3 is 2.62 bits per heavy atom. The minimum atomic E-state index is -3.26. The molecule has 88 valence electrons. The molecule has 0 spiro atoms. The van der Waals surface area contributed by atoms with Crippen LogP contribution in [0.15, 0.2) is 17.4 Å². The molecule has 1 aromatic heterocycles. The maximum Gasteiger partial charge on any atom is 0.192 e. The molecule has 1 saturated heterocycles. The Morgan fingerprint density at radius 1 is 1.31 bits per heavy atom. The number of piperazine rings is 1. The fourth-order valence-corrected chi connectivity index (χ4v) is 2.16. The average molecular weight is 242 g/mol. The van der Waals surface area contributed by atoms with Gasteiger partial charge in [0.25, 0.3) is 0 Å². The minimum absolute atomic E-state index is 0.0797. The van der Waals surface area contributed by atoms with Crippen LogP contribution in [0.2, 0.25) is 0 Å². The van der Waals surface area contributed by atoms with E-state index in [9.17, 15) is 8.42 Å². The van der Waals surface area contributed by atoms with Crippen molar-refractivity contribution in [3.63, 3.8) is 0 Å². The van der Waals surface area contributed by atoms with Crippen molar-refractivity contribution in [2.75, 3.05) is 37.3 Å². The van der Waals surface area contributed by atoms with Crippen LogP contribution in [-0.4, -0.2) is 50.8 Å². The second-order valence-corrected chi connectivity index (χ2v) is 5.69. The lowest BCUT2D eigenvalue weighted by Crippen LogP contribution is -2.43. The van der Waals surface area contributed by atoms with Gasteiger partial charge < -0.3 is 10.2 Å². The molecule has 0 atom stereocenters. The van der Waals surface area contributed by atoms with Crippen LogP contribution in [0.4, 0.5) is 5.82 Å². The molecule has 0 aromatic carbocycles. The summed E-state index contributed by atoms with van der Waals surface area (Å²) in [5.74, 6) is 0.678. The summed E-state index contributed by atoms with van der Waals surface area (Å²) in [7, 11) is -3.26. The summed E-state index contributed by atoms with van der Waals surface area (Å²) in [6.07, 6.45) is 2.45.